The third-order valence-corrected chi connectivity index (χ3v) is 4.08. The molecule has 0 bridgehead atoms. The van der Waals surface area contributed by atoms with Gasteiger partial charge in [-0.1, -0.05) is 12.1 Å². The van der Waals surface area contributed by atoms with Gasteiger partial charge in [0.25, 0.3) is 0 Å². The van der Waals surface area contributed by atoms with Crippen LogP contribution in [-0.4, -0.2) is 34.5 Å². The maximum Gasteiger partial charge on any atom is 0.243 e. The maximum atomic E-state index is 12.3. The molecular formula is C16H15BrN6O. The van der Waals surface area contributed by atoms with E-state index in [1.54, 1.807) is 24.1 Å². The van der Waals surface area contributed by atoms with Gasteiger partial charge < -0.3 is 16.0 Å². The molecule has 2 heterocycles. The Kier molecular flexibility index (Phi) is 4.57. The zero-order chi connectivity index (χ0) is 17.1. The molecule has 122 valence electrons. The van der Waals surface area contributed by atoms with Crippen LogP contribution in [0.15, 0.2) is 47.2 Å². The third-order valence-electron chi connectivity index (χ3n) is 3.39. The number of likely N-dealkylation sites (N-methyl/N-ethyl adjacent to an activating group) is 1. The van der Waals surface area contributed by atoms with Crippen LogP contribution < -0.4 is 16.0 Å². The molecule has 0 radical (unpaired) electrons. The minimum atomic E-state index is -0.153. The second-order valence-corrected chi connectivity index (χ2v) is 6.04. The smallest absolute Gasteiger partial charge is 0.243 e. The van der Waals surface area contributed by atoms with E-state index in [0.29, 0.717) is 17.3 Å². The number of halogens is 1. The monoisotopic (exact) mass is 386 g/mol. The number of hydrogen-bond donors (Lipinski definition) is 2. The number of rotatable bonds is 4. The second-order valence-electron chi connectivity index (χ2n) is 5.19. The summed E-state index contributed by atoms with van der Waals surface area (Å²) in [6, 6.07) is 10.9. The average Bonchev–Trinajstić information content (AvgIpc) is 2.56. The highest BCUT2D eigenvalue weighted by molar-refractivity contribution is 9.10. The fourth-order valence-electron chi connectivity index (χ4n) is 2.29. The summed E-state index contributed by atoms with van der Waals surface area (Å²) in [6.07, 6.45) is 1.41. The van der Waals surface area contributed by atoms with Crippen molar-refractivity contribution in [3.63, 3.8) is 0 Å². The summed E-state index contributed by atoms with van der Waals surface area (Å²) in [6.45, 7) is 0.137. The third kappa shape index (κ3) is 3.43. The fraction of sp³-hybridized carbons (Fsp3) is 0.125. The van der Waals surface area contributed by atoms with E-state index in [2.05, 4.69) is 36.2 Å². The predicted molar refractivity (Wildman–Crippen MR) is 97.8 cm³/mol. The normalized spacial score (nSPS) is 10.6. The lowest BCUT2D eigenvalue weighted by Gasteiger charge is -2.19. The number of pyridine rings is 1. The van der Waals surface area contributed by atoms with E-state index in [1.807, 2.05) is 24.3 Å². The van der Waals surface area contributed by atoms with E-state index in [-0.39, 0.29) is 12.5 Å². The number of hydrogen-bond acceptors (Lipinski definition) is 6. The minimum Gasteiger partial charge on any atom is -0.384 e. The second kappa shape index (κ2) is 6.79. The molecule has 1 amide bonds. The van der Waals surface area contributed by atoms with Crippen LogP contribution in [0.3, 0.4) is 0 Å². The summed E-state index contributed by atoms with van der Waals surface area (Å²) in [7, 11) is 1.79. The summed E-state index contributed by atoms with van der Waals surface area (Å²) < 4.78 is 0.827. The van der Waals surface area contributed by atoms with Gasteiger partial charge in [-0.3, -0.25) is 4.79 Å². The molecule has 0 spiro atoms. The predicted octanol–water partition coefficient (Wildman–Crippen LogP) is 2.44. The van der Waals surface area contributed by atoms with Crippen LogP contribution in [0.2, 0.25) is 0 Å². The number of benzene rings is 1. The Morgan fingerprint density at radius 3 is 2.83 bits per heavy atom. The minimum absolute atomic E-state index is 0.137. The standard InChI is InChI=1S/C16H15BrN6O/c1-23(8-14(24)21-12-5-3-2-4-11(12)17)16-10-6-7-13(18)22-15(10)19-9-20-16/h2-7,9H,8H2,1H3,(H,21,24)(H2,18,19,20,22). The zero-order valence-electron chi connectivity index (χ0n) is 12.9. The lowest BCUT2D eigenvalue weighted by Crippen LogP contribution is -2.31. The number of carbonyl (C=O) groups excluding carboxylic acids is 1. The van der Waals surface area contributed by atoms with Gasteiger partial charge in [0.15, 0.2) is 5.65 Å². The van der Waals surface area contributed by atoms with E-state index in [0.717, 1.165) is 15.5 Å². The summed E-state index contributed by atoms with van der Waals surface area (Å²) in [5.74, 6) is 0.857. The van der Waals surface area contributed by atoms with Crippen LogP contribution in [0, 0.1) is 0 Å². The molecule has 3 N–H and O–H groups in total. The number of carbonyl (C=O) groups is 1. The molecular weight excluding hydrogens is 372 g/mol. The number of nitrogens with two attached hydrogens (primary N) is 1. The van der Waals surface area contributed by atoms with Crippen molar-refractivity contribution in [3.8, 4) is 0 Å². The van der Waals surface area contributed by atoms with E-state index < -0.39 is 0 Å². The van der Waals surface area contributed by atoms with E-state index in [4.69, 9.17) is 5.73 Å². The summed E-state index contributed by atoms with van der Waals surface area (Å²) in [5.41, 5.74) is 6.90. The molecule has 8 heteroatoms. The fourth-order valence-corrected chi connectivity index (χ4v) is 2.67. The molecule has 7 nitrogen and oxygen atoms in total. The Labute approximate surface area is 147 Å². The Morgan fingerprint density at radius 2 is 2.04 bits per heavy atom. The first-order valence-corrected chi connectivity index (χ1v) is 7.96. The van der Waals surface area contributed by atoms with Gasteiger partial charge in [0, 0.05) is 11.5 Å². The van der Waals surface area contributed by atoms with Crippen LogP contribution in [0.5, 0.6) is 0 Å². The van der Waals surface area contributed by atoms with Crippen molar-refractivity contribution in [1.29, 1.82) is 0 Å². The molecule has 0 aliphatic heterocycles. The van der Waals surface area contributed by atoms with E-state index in [1.165, 1.54) is 6.33 Å². The van der Waals surface area contributed by atoms with Gasteiger partial charge in [-0.2, -0.15) is 0 Å². The van der Waals surface area contributed by atoms with Crippen LogP contribution in [-0.2, 0) is 4.79 Å². The Bertz CT molecular complexity index is 901. The van der Waals surface area contributed by atoms with Gasteiger partial charge in [0.1, 0.15) is 18.0 Å². The number of nitrogens with one attached hydrogen (secondary N) is 1. The van der Waals surface area contributed by atoms with E-state index in [9.17, 15) is 4.79 Å². The first-order chi connectivity index (χ1) is 11.5. The SMILES string of the molecule is CN(CC(=O)Nc1ccccc1Br)c1ncnc2nc(N)ccc12. The number of nitrogen functional groups attached to an aromatic ring is 1. The molecule has 0 saturated heterocycles. The molecule has 0 saturated carbocycles. The van der Waals surface area contributed by atoms with Gasteiger partial charge >= 0.3 is 0 Å². The number of aromatic nitrogens is 3. The van der Waals surface area contributed by atoms with Crippen molar-refractivity contribution >= 4 is 50.2 Å². The van der Waals surface area contributed by atoms with Crippen LogP contribution in [0.25, 0.3) is 11.0 Å². The zero-order valence-corrected chi connectivity index (χ0v) is 14.5. The highest BCUT2D eigenvalue weighted by atomic mass is 79.9. The highest BCUT2D eigenvalue weighted by Gasteiger charge is 2.13. The Hall–Kier alpha value is -2.74. The average molecular weight is 387 g/mol. The van der Waals surface area contributed by atoms with E-state index >= 15 is 0 Å². The molecule has 0 atom stereocenters. The molecule has 0 fully saturated rings. The van der Waals surface area contributed by atoms with Gasteiger partial charge in [-0.05, 0) is 40.2 Å². The van der Waals surface area contributed by atoms with Crippen LogP contribution in [0.1, 0.15) is 0 Å². The van der Waals surface area contributed by atoms with Gasteiger partial charge in [-0.15, -0.1) is 0 Å². The lowest BCUT2D eigenvalue weighted by molar-refractivity contribution is -0.114. The van der Waals surface area contributed by atoms with Crippen LogP contribution in [0.4, 0.5) is 17.3 Å². The lowest BCUT2D eigenvalue weighted by atomic mass is 10.3. The van der Waals surface area contributed by atoms with Crippen molar-refractivity contribution in [3.05, 3.63) is 47.2 Å². The molecule has 24 heavy (non-hydrogen) atoms. The summed E-state index contributed by atoms with van der Waals surface area (Å²) in [4.78, 5) is 26.6. The van der Waals surface area contributed by atoms with Crippen LogP contribution >= 0.6 is 15.9 Å². The number of nitrogens with zero attached hydrogens (tertiary/aromatic N) is 4. The van der Waals surface area contributed by atoms with Gasteiger partial charge in [-0.25, -0.2) is 15.0 Å². The molecule has 1 aromatic carbocycles. The number of amides is 1. The Balaban J connectivity index is 1.79. The van der Waals surface area contributed by atoms with Crippen molar-refractivity contribution in [1.82, 2.24) is 15.0 Å². The molecule has 0 aliphatic carbocycles. The number of fused-ring (bicyclic) bond motifs is 1. The van der Waals surface area contributed by atoms with Crippen molar-refractivity contribution in [2.24, 2.45) is 0 Å². The molecule has 2 aromatic heterocycles. The van der Waals surface area contributed by atoms with Crippen molar-refractivity contribution in [2.45, 2.75) is 0 Å². The van der Waals surface area contributed by atoms with Crippen molar-refractivity contribution < 1.29 is 4.79 Å². The van der Waals surface area contributed by atoms with Crippen molar-refractivity contribution in [2.75, 3.05) is 29.5 Å². The Morgan fingerprint density at radius 1 is 1.25 bits per heavy atom. The van der Waals surface area contributed by atoms with Gasteiger partial charge in [0.05, 0.1) is 17.6 Å². The first-order valence-electron chi connectivity index (χ1n) is 7.17. The molecule has 3 rings (SSSR count). The largest absolute Gasteiger partial charge is 0.384 e. The first kappa shape index (κ1) is 16.1. The van der Waals surface area contributed by atoms with Gasteiger partial charge in [0.2, 0.25) is 5.91 Å². The summed E-state index contributed by atoms with van der Waals surface area (Å²) in [5, 5.41) is 3.60. The quantitative estimate of drug-likeness (QED) is 0.714. The maximum absolute atomic E-state index is 12.3. The summed E-state index contributed by atoms with van der Waals surface area (Å²) >= 11 is 3.41. The molecule has 3 aromatic rings. The number of anilines is 3. The topological polar surface area (TPSA) is 97.0 Å². The molecule has 0 aliphatic rings. The number of para-hydroxylation sites is 1. The molecule has 0 unspecified atom stereocenters. The highest BCUT2D eigenvalue weighted by Crippen LogP contribution is 2.23.